The minimum absolute atomic E-state index is 0.767. The van der Waals surface area contributed by atoms with Gasteiger partial charge < -0.3 is 15.6 Å². The van der Waals surface area contributed by atoms with E-state index in [0.717, 1.165) is 30.0 Å². The molecule has 0 aliphatic rings. The van der Waals surface area contributed by atoms with E-state index in [0.29, 0.717) is 0 Å². The summed E-state index contributed by atoms with van der Waals surface area (Å²) in [6, 6.07) is 16.4. The molecule has 0 fully saturated rings. The highest BCUT2D eigenvalue weighted by atomic mass is 15.0. The number of nitrogens with two attached hydrogens (primary N) is 1. The van der Waals surface area contributed by atoms with Crippen LogP contribution in [0.5, 0.6) is 0 Å². The van der Waals surface area contributed by atoms with E-state index in [1.54, 1.807) is 12.5 Å². The Morgan fingerprint density at radius 2 is 1.90 bits per heavy atom. The van der Waals surface area contributed by atoms with Crippen molar-refractivity contribution >= 4 is 11.4 Å². The smallest absolute Gasteiger partial charge is 0.0949 e. The molecule has 1 aromatic heterocycles. The van der Waals surface area contributed by atoms with Crippen molar-refractivity contribution in [3.05, 3.63) is 78.4 Å². The van der Waals surface area contributed by atoms with Crippen LogP contribution in [-0.2, 0) is 13.1 Å². The number of hydrogen-bond acceptors (Lipinski definition) is 3. The Kier molecular flexibility index (Phi) is 3.87. The van der Waals surface area contributed by atoms with Gasteiger partial charge in [-0.15, -0.1) is 0 Å². The first-order chi connectivity index (χ1) is 10.3. The normalized spacial score (nSPS) is 10.5. The number of hydrogen-bond donors (Lipinski definition) is 2. The zero-order valence-corrected chi connectivity index (χ0v) is 11.7. The van der Waals surface area contributed by atoms with Crippen molar-refractivity contribution in [2.75, 3.05) is 11.1 Å². The molecule has 21 heavy (non-hydrogen) atoms. The van der Waals surface area contributed by atoms with E-state index in [2.05, 4.69) is 28.5 Å². The van der Waals surface area contributed by atoms with Crippen molar-refractivity contribution in [3.63, 3.8) is 0 Å². The van der Waals surface area contributed by atoms with Crippen molar-refractivity contribution in [2.24, 2.45) is 0 Å². The largest absolute Gasteiger partial charge is 0.397 e. The molecule has 0 bridgehead atoms. The first-order valence-electron chi connectivity index (χ1n) is 6.93. The molecule has 0 saturated carbocycles. The molecule has 0 saturated heterocycles. The van der Waals surface area contributed by atoms with Crippen molar-refractivity contribution in [2.45, 2.75) is 13.1 Å². The maximum atomic E-state index is 6.13. The van der Waals surface area contributed by atoms with Gasteiger partial charge in [0.05, 0.1) is 17.7 Å². The molecule has 0 spiro atoms. The number of nitrogen functional groups attached to an aromatic ring is 1. The summed E-state index contributed by atoms with van der Waals surface area (Å²) in [5.74, 6) is 0. The van der Waals surface area contributed by atoms with Crippen LogP contribution in [0.25, 0.3) is 0 Å². The summed E-state index contributed by atoms with van der Waals surface area (Å²) in [4.78, 5) is 4.04. The predicted molar refractivity (Wildman–Crippen MR) is 86.0 cm³/mol. The highest BCUT2D eigenvalue weighted by molar-refractivity contribution is 5.67. The lowest BCUT2D eigenvalue weighted by atomic mass is 10.1. The molecule has 3 rings (SSSR count). The minimum Gasteiger partial charge on any atom is -0.397 e. The van der Waals surface area contributed by atoms with Gasteiger partial charge in [0.2, 0.25) is 0 Å². The summed E-state index contributed by atoms with van der Waals surface area (Å²) in [5.41, 5.74) is 10.3. The molecular weight excluding hydrogens is 260 g/mol. The lowest BCUT2D eigenvalue weighted by Gasteiger charge is -2.11. The monoisotopic (exact) mass is 278 g/mol. The Balaban J connectivity index is 1.67. The van der Waals surface area contributed by atoms with Gasteiger partial charge >= 0.3 is 0 Å². The van der Waals surface area contributed by atoms with Gasteiger partial charge in [-0.1, -0.05) is 36.4 Å². The maximum absolute atomic E-state index is 6.13. The van der Waals surface area contributed by atoms with Gasteiger partial charge in [-0.25, -0.2) is 4.98 Å². The van der Waals surface area contributed by atoms with Crippen LogP contribution in [0.3, 0.4) is 0 Å². The van der Waals surface area contributed by atoms with Crippen LogP contribution >= 0.6 is 0 Å². The van der Waals surface area contributed by atoms with Gasteiger partial charge in [-0.3, -0.25) is 0 Å². The zero-order valence-electron chi connectivity index (χ0n) is 11.7. The van der Waals surface area contributed by atoms with Crippen LogP contribution in [0.4, 0.5) is 11.4 Å². The topological polar surface area (TPSA) is 55.9 Å². The lowest BCUT2D eigenvalue weighted by Crippen LogP contribution is -2.04. The first kappa shape index (κ1) is 13.2. The van der Waals surface area contributed by atoms with Crippen molar-refractivity contribution in [3.8, 4) is 0 Å². The molecule has 3 N–H and O–H groups in total. The summed E-state index contributed by atoms with van der Waals surface area (Å²) < 4.78 is 2.02. The van der Waals surface area contributed by atoms with Crippen LogP contribution in [-0.4, -0.2) is 9.55 Å². The van der Waals surface area contributed by atoms with E-state index in [9.17, 15) is 0 Å². The summed E-state index contributed by atoms with van der Waals surface area (Å²) in [5, 5.41) is 3.37. The highest BCUT2D eigenvalue weighted by Crippen LogP contribution is 2.21. The molecule has 0 atom stereocenters. The molecular formula is C17H18N4. The number of benzene rings is 2. The highest BCUT2D eigenvalue weighted by Gasteiger charge is 2.02. The van der Waals surface area contributed by atoms with E-state index < -0.39 is 0 Å². The third kappa shape index (κ3) is 3.42. The van der Waals surface area contributed by atoms with Gasteiger partial charge in [0.1, 0.15) is 0 Å². The molecule has 4 nitrogen and oxygen atoms in total. The fourth-order valence-corrected chi connectivity index (χ4v) is 2.26. The fraction of sp³-hybridized carbons (Fsp3) is 0.118. The van der Waals surface area contributed by atoms with Crippen LogP contribution in [0.15, 0.2) is 67.3 Å². The average molecular weight is 278 g/mol. The second kappa shape index (κ2) is 6.13. The number of rotatable bonds is 5. The molecule has 1 heterocycles. The summed E-state index contributed by atoms with van der Waals surface area (Å²) >= 11 is 0. The third-order valence-corrected chi connectivity index (χ3v) is 3.37. The minimum atomic E-state index is 0.767. The van der Waals surface area contributed by atoms with Gasteiger partial charge in [0.25, 0.3) is 0 Å². The van der Waals surface area contributed by atoms with Gasteiger partial charge in [-0.05, 0) is 23.3 Å². The zero-order chi connectivity index (χ0) is 14.5. The molecule has 106 valence electrons. The molecule has 0 radical (unpaired) electrons. The number of nitrogens with zero attached hydrogens (tertiary/aromatic N) is 2. The molecule has 0 aliphatic heterocycles. The third-order valence-electron chi connectivity index (χ3n) is 3.37. The van der Waals surface area contributed by atoms with Crippen molar-refractivity contribution in [1.29, 1.82) is 0 Å². The predicted octanol–water partition coefficient (Wildman–Crippen LogP) is 3.13. The number of nitrogens with one attached hydrogen (secondary N) is 1. The summed E-state index contributed by atoms with van der Waals surface area (Å²) in [7, 11) is 0. The molecule has 3 aromatic rings. The quantitative estimate of drug-likeness (QED) is 0.705. The summed E-state index contributed by atoms with van der Waals surface area (Å²) in [6.45, 7) is 1.55. The van der Waals surface area contributed by atoms with Crippen LogP contribution in [0.1, 0.15) is 11.1 Å². The van der Waals surface area contributed by atoms with E-state index in [1.807, 2.05) is 41.1 Å². The lowest BCUT2D eigenvalue weighted by molar-refractivity contribution is 0.798. The second-order valence-electron chi connectivity index (χ2n) is 5.00. The average Bonchev–Trinajstić information content (AvgIpc) is 3.00. The second-order valence-corrected chi connectivity index (χ2v) is 5.00. The van der Waals surface area contributed by atoms with Crippen molar-refractivity contribution in [1.82, 2.24) is 9.55 Å². The van der Waals surface area contributed by atoms with Crippen LogP contribution in [0.2, 0.25) is 0 Å². The molecule has 0 amide bonds. The van der Waals surface area contributed by atoms with Gasteiger partial charge in [0, 0.05) is 25.5 Å². The molecule has 2 aromatic carbocycles. The van der Waals surface area contributed by atoms with E-state index in [1.165, 1.54) is 5.56 Å². The Morgan fingerprint density at radius 3 is 2.62 bits per heavy atom. The number of imidazole rings is 1. The molecule has 0 unspecified atom stereocenters. The fourth-order valence-electron chi connectivity index (χ4n) is 2.26. The molecule has 0 aliphatic carbocycles. The maximum Gasteiger partial charge on any atom is 0.0949 e. The van der Waals surface area contributed by atoms with Crippen LogP contribution < -0.4 is 11.1 Å². The van der Waals surface area contributed by atoms with Gasteiger partial charge in [0.15, 0.2) is 0 Å². The number of anilines is 2. The molecule has 4 heteroatoms. The Bertz CT molecular complexity index is 690. The van der Waals surface area contributed by atoms with E-state index in [-0.39, 0.29) is 0 Å². The van der Waals surface area contributed by atoms with E-state index in [4.69, 9.17) is 5.73 Å². The Hall–Kier alpha value is -2.75. The van der Waals surface area contributed by atoms with E-state index >= 15 is 0 Å². The first-order valence-corrected chi connectivity index (χ1v) is 6.93. The summed E-state index contributed by atoms with van der Waals surface area (Å²) in [6.07, 6.45) is 5.52. The SMILES string of the molecule is Nc1cc(Cn2ccnc2)ccc1NCc1ccccc1. The Labute approximate surface area is 124 Å². The van der Waals surface area contributed by atoms with Gasteiger partial charge in [-0.2, -0.15) is 0 Å². The van der Waals surface area contributed by atoms with Crippen LogP contribution in [0, 0.1) is 0 Å². The number of aromatic nitrogens is 2. The van der Waals surface area contributed by atoms with Crippen molar-refractivity contribution < 1.29 is 0 Å². The standard InChI is InChI=1S/C17H18N4/c18-16-10-15(12-21-9-8-19-13-21)6-7-17(16)20-11-14-4-2-1-3-5-14/h1-10,13,20H,11-12,18H2. The Morgan fingerprint density at radius 1 is 1.05 bits per heavy atom.